The third-order valence-electron chi connectivity index (χ3n) is 2.29. The molecule has 15 heavy (non-hydrogen) atoms. The molecule has 82 valence electrons. The molecule has 0 unspecified atom stereocenters. The summed E-state index contributed by atoms with van der Waals surface area (Å²) < 4.78 is 1.71. The highest BCUT2D eigenvalue weighted by molar-refractivity contribution is 5.96. The zero-order valence-electron chi connectivity index (χ0n) is 9.72. The van der Waals surface area contributed by atoms with Crippen LogP contribution in [-0.2, 0) is 7.05 Å². The Hall–Kier alpha value is -1.58. The van der Waals surface area contributed by atoms with Crippen LogP contribution in [0.1, 0.15) is 28.7 Å². The maximum atomic E-state index is 11.8. The lowest BCUT2D eigenvalue weighted by molar-refractivity contribution is 0.0955. The normalized spacial score (nSPS) is 10.1. The molecular formula is C11H17N3O. The Bertz CT molecular complexity index is 404. The van der Waals surface area contributed by atoms with Gasteiger partial charge in [-0.2, -0.15) is 5.10 Å². The van der Waals surface area contributed by atoms with Gasteiger partial charge in [0.15, 0.2) is 0 Å². The summed E-state index contributed by atoms with van der Waals surface area (Å²) in [6, 6.07) is 0. The first kappa shape index (κ1) is 11.5. The number of aryl methyl sites for hydroxylation is 2. The maximum absolute atomic E-state index is 11.8. The molecule has 1 rings (SSSR count). The minimum absolute atomic E-state index is 0.0823. The fourth-order valence-electron chi connectivity index (χ4n) is 1.42. The van der Waals surface area contributed by atoms with Gasteiger partial charge < -0.3 is 5.32 Å². The number of carbonyl (C=O) groups excluding carboxylic acids is 1. The molecule has 0 aliphatic heterocycles. The van der Waals surface area contributed by atoms with Crippen LogP contribution in [0.2, 0.25) is 0 Å². The Kier molecular flexibility index (Phi) is 3.29. The van der Waals surface area contributed by atoms with Gasteiger partial charge in [0.2, 0.25) is 0 Å². The van der Waals surface area contributed by atoms with E-state index >= 15 is 0 Å². The van der Waals surface area contributed by atoms with Gasteiger partial charge in [0.25, 0.3) is 5.91 Å². The Labute approximate surface area is 90.0 Å². The van der Waals surface area contributed by atoms with E-state index in [0.717, 1.165) is 17.0 Å². The highest BCUT2D eigenvalue weighted by Crippen LogP contribution is 2.11. The van der Waals surface area contributed by atoms with E-state index < -0.39 is 0 Å². The number of nitrogens with zero attached hydrogens (tertiary/aromatic N) is 2. The molecule has 4 heteroatoms. The minimum atomic E-state index is -0.0823. The molecule has 1 aromatic rings. The van der Waals surface area contributed by atoms with Crippen molar-refractivity contribution in [3.05, 3.63) is 29.1 Å². The van der Waals surface area contributed by atoms with Crippen molar-refractivity contribution in [2.24, 2.45) is 7.05 Å². The smallest absolute Gasteiger partial charge is 0.255 e. The first-order chi connectivity index (χ1) is 6.93. The van der Waals surface area contributed by atoms with Gasteiger partial charge >= 0.3 is 0 Å². The van der Waals surface area contributed by atoms with Crippen LogP contribution < -0.4 is 5.32 Å². The highest BCUT2D eigenvalue weighted by atomic mass is 16.1. The van der Waals surface area contributed by atoms with Crippen LogP contribution in [0.3, 0.4) is 0 Å². The predicted molar refractivity (Wildman–Crippen MR) is 59.8 cm³/mol. The van der Waals surface area contributed by atoms with Gasteiger partial charge in [-0.3, -0.25) is 9.48 Å². The van der Waals surface area contributed by atoms with Crippen molar-refractivity contribution < 1.29 is 4.79 Å². The SMILES string of the molecule is C=C(C)CNC(=O)c1c(C)nn(C)c1C. The molecule has 0 atom stereocenters. The maximum Gasteiger partial charge on any atom is 0.255 e. The minimum Gasteiger partial charge on any atom is -0.348 e. The number of amides is 1. The van der Waals surface area contributed by atoms with Crippen molar-refractivity contribution in [3.63, 3.8) is 0 Å². The molecule has 0 aliphatic rings. The molecule has 0 fully saturated rings. The predicted octanol–water partition coefficient (Wildman–Crippen LogP) is 1.34. The number of hydrogen-bond acceptors (Lipinski definition) is 2. The molecule has 1 amide bonds. The fraction of sp³-hybridized carbons (Fsp3) is 0.455. The summed E-state index contributed by atoms with van der Waals surface area (Å²) in [6.45, 7) is 9.84. The van der Waals surface area contributed by atoms with Crippen molar-refractivity contribution in [1.82, 2.24) is 15.1 Å². The van der Waals surface area contributed by atoms with Gasteiger partial charge in [0.05, 0.1) is 11.3 Å². The van der Waals surface area contributed by atoms with E-state index in [1.54, 1.807) is 4.68 Å². The Balaban J connectivity index is 2.86. The number of aromatic nitrogens is 2. The second-order valence-corrected chi connectivity index (χ2v) is 3.81. The van der Waals surface area contributed by atoms with Crippen molar-refractivity contribution >= 4 is 5.91 Å². The second kappa shape index (κ2) is 4.29. The zero-order chi connectivity index (χ0) is 11.6. The number of carbonyl (C=O) groups is 1. The van der Waals surface area contributed by atoms with Crippen molar-refractivity contribution in [3.8, 4) is 0 Å². The molecule has 1 heterocycles. The summed E-state index contributed by atoms with van der Waals surface area (Å²) in [4.78, 5) is 11.8. The number of nitrogens with one attached hydrogen (secondary N) is 1. The summed E-state index contributed by atoms with van der Waals surface area (Å²) in [6.07, 6.45) is 0. The third-order valence-corrected chi connectivity index (χ3v) is 2.29. The van der Waals surface area contributed by atoms with Gasteiger partial charge in [-0.05, 0) is 20.8 Å². The molecule has 0 bridgehead atoms. The molecular weight excluding hydrogens is 190 g/mol. The molecule has 0 radical (unpaired) electrons. The van der Waals surface area contributed by atoms with E-state index in [1.165, 1.54) is 0 Å². The Morgan fingerprint density at radius 2 is 2.13 bits per heavy atom. The van der Waals surface area contributed by atoms with E-state index in [-0.39, 0.29) is 5.91 Å². The van der Waals surface area contributed by atoms with E-state index in [1.807, 2.05) is 27.8 Å². The van der Waals surface area contributed by atoms with Gasteiger partial charge in [0, 0.05) is 19.3 Å². The summed E-state index contributed by atoms with van der Waals surface area (Å²) in [5.74, 6) is -0.0823. The standard InChI is InChI=1S/C11H17N3O/c1-7(2)6-12-11(15)10-8(3)13-14(5)9(10)4/h1,6H2,2-5H3,(H,12,15). The van der Waals surface area contributed by atoms with Crippen LogP contribution in [0.5, 0.6) is 0 Å². The van der Waals surface area contributed by atoms with E-state index in [0.29, 0.717) is 12.1 Å². The van der Waals surface area contributed by atoms with Crippen LogP contribution in [0.4, 0.5) is 0 Å². The lowest BCUT2D eigenvalue weighted by Gasteiger charge is -2.04. The average Bonchev–Trinajstić information content (AvgIpc) is 2.37. The summed E-state index contributed by atoms with van der Waals surface area (Å²) in [7, 11) is 1.83. The number of rotatable bonds is 3. The van der Waals surface area contributed by atoms with Crippen molar-refractivity contribution in [2.75, 3.05) is 6.54 Å². The molecule has 1 N–H and O–H groups in total. The third kappa shape index (κ3) is 2.46. The van der Waals surface area contributed by atoms with Crippen molar-refractivity contribution in [2.45, 2.75) is 20.8 Å². The van der Waals surface area contributed by atoms with Gasteiger partial charge in [-0.25, -0.2) is 0 Å². The van der Waals surface area contributed by atoms with Crippen molar-refractivity contribution in [1.29, 1.82) is 0 Å². The van der Waals surface area contributed by atoms with Crippen LogP contribution in [0.25, 0.3) is 0 Å². The molecule has 0 saturated heterocycles. The van der Waals surface area contributed by atoms with E-state index in [2.05, 4.69) is 17.0 Å². The topological polar surface area (TPSA) is 46.9 Å². The lowest BCUT2D eigenvalue weighted by atomic mass is 10.2. The summed E-state index contributed by atoms with van der Waals surface area (Å²) in [5, 5.41) is 6.99. The van der Waals surface area contributed by atoms with Gasteiger partial charge in [-0.15, -0.1) is 0 Å². The fourth-order valence-corrected chi connectivity index (χ4v) is 1.42. The molecule has 0 saturated carbocycles. The van der Waals surface area contributed by atoms with Gasteiger partial charge in [0.1, 0.15) is 0 Å². The highest BCUT2D eigenvalue weighted by Gasteiger charge is 2.16. The molecule has 0 aliphatic carbocycles. The second-order valence-electron chi connectivity index (χ2n) is 3.81. The average molecular weight is 207 g/mol. The van der Waals surface area contributed by atoms with Gasteiger partial charge in [-0.1, -0.05) is 12.2 Å². The summed E-state index contributed by atoms with van der Waals surface area (Å²) >= 11 is 0. The number of hydrogen-bond donors (Lipinski definition) is 1. The summed E-state index contributed by atoms with van der Waals surface area (Å²) in [5.41, 5.74) is 3.24. The molecule has 0 aromatic carbocycles. The molecule has 0 spiro atoms. The van der Waals surface area contributed by atoms with E-state index in [9.17, 15) is 4.79 Å². The van der Waals surface area contributed by atoms with Crippen LogP contribution in [0.15, 0.2) is 12.2 Å². The van der Waals surface area contributed by atoms with E-state index in [4.69, 9.17) is 0 Å². The Morgan fingerprint density at radius 1 is 1.53 bits per heavy atom. The van der Waals surface area contributed by atoms with Crippen LogP contribution in [0, 0.1) is 13.8 Å². The molecule has 4 nitrogen and oxygen atoms in total. The lowest BCUT2D eigenvalue weighted by Crippen LogP contribution is -2.25. The quantitative estimate of drug-likeness (QED) is 0.760. The van der Waals surface area contributed by atoms with Crippen LogP contribution in [-0.4, -0.2) is 22.2 Å². The Morgan fingerprint density at radius 3 is 2.53 bits per heavy atom. The monoisotopic (exact) mass is 207 g/mol. The zero-order valence-corrected chi connectivity index (χ0v) is 9.72. The largest absolute Gasteiger partial charge is 0.348 e. The first-order valence-electron chi connectivity index (χ1n) is 4.86. The first-order valence-corrected chi connectivity index (χ1v) is 4.86. The van der Waals surface area contributed by atoms with Crippen LogP contribution >= 0.6 is 0 Å². The molecule has 1 aromatic heterocycles.